The Hall–Kier alpha value is -2.82. The molecule has 0 saturated heterocycles. The normalized spacial score (nSPS) is 14.1. The third-order valence-corrected chi connectivity index (χ3v) is 6.43. The van der Waals surface area contributed by atoms with E-state index in [1.807, 2.05) is 0 Å². The maximum absolute atomic E-state index is 12.5. The predicted molar refractivity (Wildman–Crippen MR) is 113 cm³/mol. The fraction of sp³-hybridized carbons (Fsp3) is 0.300. The zero-order chi connectivity index (χ0) is 22.6. The molecule has 166 valence electrons. The largest absolute Gasteiger partial charge is 0.486 e. The van der Waals surface area contributed by atoms with Gasteiger partial charge in [-0.3, -0.25) is 9.59 Å². The van der Waals surface area contributed by atoms with Crippen LogP contribution in [0.25, 0.3) is 0 Å². The summed E-state index contributed by atoms with van der Waals surface area (Å²) in [6.07, 6.45) is -1.15. The van der Waals surface area contributed by atoms with Gasteiger partial charge in [0, 0.05) is 23.8 Å². The molecule has 0 aliphatic carbocycles. The second-order valence-corrected chi connectivity index (χ2v) is 9.18. The van der Waals surface area contributed by atoms with E-state index < -0.39 is 34.5 Å². The fourth-order valence-electron chi connectivity index (χ4n) is 2.71. The second-order valence-electron chi connectivity index (χ2n) is 6.69. The Morgan fingerprint density at radius 3 is 2.45 bits per heavy atom. The van der Waals surface area contributed by atoms with Crippen molar-refractivity contribution in [2.45, 2.75) is 17.9 Å². The molecule has 0 fully saturated rings. The molecule has 1 aliphatic heterocycles. The highest BCUT2D eigenvalue weighted by Crippen LogP contribution is 2.32. The number of nitrogens with one attached hydrogen (secondary N) is 1. The number of nitrogens with zero attached hydrogens (tertiary/aromatic N) is 1. The first kappa shape index (κ1) is 22.9. The van der Waals surface area contributed by atoms with Gasteiger partial charge in [0.2, 0.25) is 10.0 Å². The Kier molecular flexibility index (Phi) is 7.04. The van der Waals surface area contributed by atoms with Crippen LogP contribution in [0.3, 0.4) is 0 Å². The molecule has 0 radical (unpaired) electrons. The molecule has 31 heavy (non-hydrogen) atoms. The number of fused-ring (bicyclic) bond motifs is 1. The summed E-state index contributed by atoms with van der Waals surface area (Å²) >= 11 is 5.77. The topological polar surface area (TPSA) is 111 Å². The number of carbonyl (C=O) groups is 2. The van der Waals surface area contributed by atoms with Crippen LogP contribution in [0.5, 0.6) is 11.5 Å². The second kappa shape index (κ2) is 9.54. The number of rotatable bonds is 7. The van der Waals surface area contributed by atoms with Crippen molar-refractivity contribution in [3.8, 4) is 11.5 Å². The van der Waals surface area contributed by atoms with Gasteiger partial charge in [0.25, 0.3) is 5.91 Å². The van der Waals surface area contributed by atoms with Crippen molar-refractivity contribution in [2.24, 2.45) is 0 Å². The molecule has 3 rings (SSSR count). The summed E-state index contributed by atoms with van der Waals surface area (Å²) in [5.74, 6) is -0.366. The number of benzene rings is 2. The van der Waals surface area contributed by atoms with Gasteiger partial charge in [0.1, 0.15) is 19.8 Å². The fourth-order valence-corrected chi connectivity index (χ4v) is 3.95. The highest BCUT2D eigenvalue weighted by molar-refractivity contribution is 7.89. The van der Waals surface area contributed by atoms with Crippen LogP contribution in [0.15, 0.2) is 47.4 Å². The van der Waals surface area contributed by atoms with Crippen LogP contribution in [-0.4, -0.2) is 57.5 Å². The maximum atomic E-state index is 12.5. The van der Waals surface area contributed by atoms with E-state index in [1.165, 1.54) is 38.2 Å². The van der Waals surface area contributed by atoms with Gasteiger partial charge in [0.15, 0.2) is 17.6 Å². The first-order chi connectivity index (χ1) is 14.7. The van der Waals surface area contributed by atoms with Crippen molar-refractivity contribution in [3.05, 3.63) is 47.5 Å². The van der Waals surface area contributed by atoms with Gasteiger partial charge in [-0.25, -0.2) is 8.42 Å². The summed E-state index contributed by atoms with van der Waals surface area (Å²) < 4.78 is 41.9. The number of hydrogen-bond acceptors (Lipinski definition) is 7. The molecule has 1 atom stereocenters. The van der Waals surface area contributed by atoms with E-state index in [2.05, 4.69) is 5.32 Å². The predicted octanol–water partition coefficient (Wildman–Crippen LogP) is 2.30. The highest BCUT2D eigenvalue weighted by Gasteiger charge is 2.26. The van der Waals surface area contributed by atoms with Gasteiger partial charge in [-0.1, -0.05) is 11.6 Å². The summed E-state index contributed by atoms with van der Waals surface area (Å²) in [5.41, 5.74) is 0.444. The number of carbonyl (C=O) groups excluding carboxylic acids is 2. The summed E-state index contributed by atoms with van der Waals surface area (Å²) in [7, 11) is -2.68. The highest BCUT2D eigenvalue weighted by atomic mass is 35.5. The van der Waals surface area contributed by atoms with Crippen molar-refractivity contribution in [2.75, 3.05) is 32.1 Å². The first-order valence-electron chi connectivity index (χ1n) is 9.29. The first-order valence-corrected chi connectivity index (χ1v) is 11.1. The van der Waals surface area contributed by atoms with E-state index in [9.17, 15) is 18.0 Å². The van der Waals surface area contributed by atoms with Gasteiger partial charge < -0.3 is 19.5 Å². The molecule has 0 bridgehead atoms. The van der Waals surface area contributed by atoms with E-state index >= 15 is 0 Å². The molecular weight excluding hydrogens is 448 g/mol. The summed E-state index contributed by atoms with van der Waals surface area (Å²) in [5, 5.41) is 3.00. The van der Waals surface area contributed by atoms with Gasteiger partial charge in [-0.2, -0.15) is 4.31 Å². The minimum atomic E-state index is -3.92. The SMILES string of the molecule is C[C@H](OC(=O)CN(C)S(=O)(=O)c1ccc(Cl)cc1)C(=O)Nc1ccc2c(c1)OCCO2. The molecule has 2 aromatic rings. The maximum Gasteiger partial charge on any atom is 0.322 e. The number of hydrogen-bond donors (Lipinski definition) is 1. The van der Waals surface area contributed by atoms with E-state index in [1.54, 1.807) is 18.2 Å². The van der Waals surface area contributed by atoms with E-state index in [0.717, 1.165) is 4.31 Å². The molecule has 0 saturated carbocycles. The third kappa shape index (κ3) is 5.66. The van der Waals surface area contributed by atoms with Crippen molar-refractivity contribution < 1.29 is 32.2 Å². The molecule has 11 heteroatoms. The Bertz CT molecular complexity index is 1070. The molecular formula is C20H21ClN2O7S. The Balaban J connectivity index is 1.55. The average molecular weight is 469 g/mol. The molecule has 1 amide bonds. The Labute approximate surface area is 184 Å². The lowest BCUT2D eigenvalue weighted by Gasteiger charge is -2.20. The number of anilines is 1. The summed E-state index contributed by atoms with van der Waals surface area (Å²) in [6, 6.07) is 10.4. The van der Waals surface area contributed by atoms with E-state index in [0.29, 0.717) is 35.4 Å². The van der Waals surface area contributed by atoms with Gasteiger partial charge >= 0.3 is 5.97 Å². The van der Waals surface area contributed by atoms with E-state index in [4.69, 9.17) is 25.8 Å². The molecule has 1 heterocycles. The molecule has 1 N–H and O–H groups in total. The summed E-state index contributed by atoms with van der Waals surface area (Å²) in [6.45, 7) is 1.68. The van der Waals surface area contributed by atoms with Crippen molar-refractivity contribution in [3.63, 3.8) is 0 Å². The van der Waals surface area contributed by atoms with Crippen LogP contribution in [0, 0.1) is 0 Å². The Morgan fingerprint density at radius 2 is 1.77 bits per heavy atom. The third-order valence-electron chi connectivity index (χ3n) is 4.36. The zero-order valence-corrected chi connectivity index (χ0v) is 18.4. The number of amides is 1. The van der Waals surface area contributed by atoms with Crippen molar-refractivity contribution in [1.82, 2.24) is 4.31 Å². The number of esters is 1. The average Bonchev–Trinajstić information content (AvgIpc) is 2.73. The molecule has 0 spiro atoms. The van der Waals surface area contributed by atoms with Crippen LogP contribution in [0.4, 0.5) is 5.69 Å². The lowest BCUT2D eigenvalue weighted by molar-refractivity contribution is -0.153. The lowest BCUT2D eigenvalue weighted by atomic mass is 10.2. The van der Waals surface area contributed by atoms with Crippen LogP contribution < -0.4 is 14.8 Å². The zero-order valence-electron chi connectivity index (χ0n) is 16.8. The number of likely N-dealkylation sites (N-methyl/N-ethyl adjacent to an activating group) is 1. The molecule has 1 aliphatic rings. The van der Waals surface area contributed by atoms with Gasteiger partial charge in [-0.15, -0.1) is 0 Å². The van der Waals surface area contributed by atoms with E-state index in [-0.39, 0.29) is 4.90 Å². The molecule has 2 aromatic carbocycles. The molecule has 0 aromatic heterocycles. The minimum absolute atomic E-state index is 0.0170. The minimum Gasteiger partial charge on any atom is -0.486 e. The van der Waals surface area contributed by atoms with Crippen LogP contribution in [0.2, 0.25) is 5.02 Å². The van der Waals surface area contributed by atoms with Crippen LogP contribution >= 0.6 is 11.6 Å². The smallest absolute Gasteiger partial charge is 0.322 e. The monoisotopic (exact) mass is 468 g/mol. The lowest BCUT2D eigenvalue weighted by Crippen LogP contribution is -2.37. The number of halogens is 1. The summed E-state index contributed by atoms with van der Waals surface area (Å²) in [4.78, 5) is 24.5. The standard InChI is InChI=1S/C20H21ClN2O7S/c1-13(20(25)22-15-5-8-17-18(11-15)29-10-9-28-17)30-19(24)12-23(2)31(26,27)16-6-3-14(21)4-7-16/h3-8,11,13H,9-10,12H2,1-2H3,(H,22,25)/t13-/m0/s1. The van der Waals surface area contributed by atoms with Crippen LogP contribution in [0.1, 0.15) is 6.92 Å². The number of ether oxygens (including phenoxy) is 3. The van der Waals surface area contributed by atoms with Crippen molar-refractivity contribution in [1.29, 1.82) is 0 Å². The Morgan fingerprint density at radius 1 is 1.13 bits per heavy atom. The van der Waals surface area contributed by atoms with Gasteiger partial charge in [0.05, 0.1) is 4.90 Å². The number of sulfonamides is 1. The van der Waals surface area contributed by atoms with Crippen LogP contribution in [-0.2, 0) is 24.3 Å². The quantitative estimate of drug-likeness (QED) is 0.620. The van der Waals surface area contributed by atoms with Crippen molar-refractivity contribution >= 4 is 39.2 Å². The molecule has 9 nitrogen and oxygen atoms in total. The van der Waals surface area contributed by atoms with Gasteiger partial charge in [-0.05, 0) is 43.3 Å². The molecule has 0 unspecified atom stereocenters.